The monoisotopic (exact) mass is 330 g/mol. The molecule has 124 valence electrons. The van der Waals surface area contributed by atoms with E-state index in [-0.39, 0.29) is 11.6 Å². The van der Waals surface area contributed by atoms with Crippen LogP contribution in [0.5, 0.6) is 0 Å². The van der Waals surface area contributed by atoms with E-state index in [1.807, 2.05) is 0 Å². The molecule has 9 heteroatoms. The van der Waals surface area contributed by atoms with Gasteiger partial charge in [-0.3, -0.25) is 4.90 Å². The van der Waals surface area contributed by atoms with Gasteiger partial charge >= 0.3 is 0 Å². The molecule has 0 saturated carbocycles. The van der Waals surface area contributed by atoms with Crippen molar-refractivity contribution in [1.82, 2.24) is 19.2 Å². The second-order valence-corrected chi connectivity index (χ2v) is 7.59. The van der Waals surface area contributed by atoms with Gasteiger partial charge in [0.25, 0.3) is 10.0 Å². The van der Waals surface area contributed by atoms with Crippen LogP contribution in [0, 0.1) is 6.92 Å². The van der Waals surface area contributed by atoms with E-state index < -0.39 is 15.6 Å². The van der Waals surface area contributed by atoms with Crippen molar-refractivity contribution in [3.8, 4) is 0 Å². The van der Waals surface area contributed by atoms with Crippen molar-refractivity contribution >= 4 is 10.0 Å². The van der Waals surface area contributed by atoms with E-state index in [1.54, 1.807) is 18.5 Å². The molecule has 0 spiro atoms. The van der Waals surface area contributed by atoms with E-state index in [0.29, 0.717) is 32.3 Å². The zero-order valence-electron chi connectivity index (χ0n) is 12.9. The first-order valence-electron chi connectivity index (χ1n) is 7.33. The molecule has 0 atom stereocenters. The summed E-state index contributed by atoms with van der Waals surface area (Å²) in [6, 6.07) is 0. The third kappa shape index (κ3) is 2.91. The number of rotatable bonds is 4. The van der Waals surface area contributed by atoms with Crippen LogP contribution in [0.25, 0.3) is 0 Å². The van der Waals surface area contributed by atoms with Gasteiger partial charge < -0.3 is 14.0 Å². The van der Waals surface area contributed by atoms with Crippen LogP contribution >= 0.6 is 0 Å². The van der Waals surface area contributed by atoms with Crippen LogP contribution in [0.3, 0.4) is 0 Å². The second-order valence-electron chi connectivity index (χ2n) is 5.88. The number of morpholine rings is 2. The van der Waals surface area contributed by atoms with Gasteiger partial charge in [0.1, 0.15) is 5.82 Å². The van der Waals surface area contributed by atoms with Crippen molar-refractivity contribution in [3.63, 3.8) is 0 Å². The highest BCUT2D eigenvalue weighted by atomic mass is 32.2. The quantitative estimate of drug-likeness (QED) is 0.771. The Balaban J connectivity index is 1.75. The maximum absolute atomic E-state index is 12.4. The standard InChI is InChI=1S/C13H22N4O4S/c1-11-15-12(7-16(11)2)22(18,19)14-8-13-9-20-5-3-17(13)4-6-21-10-13/h7,14H,3-6,8-10H2,1-2H3. The summed E-state index contributed by atoms with van der Waals surface area (Å²) in [5.74, 6) is 0.655. The SMILES string of the molecule is Cc1nc(S(=O)(=O)NCC23COCCN2CCOC3)cn1C. The van der Waals surface area contributed by atoms with Gasteiger partial charge in [0.2, 0.25) is 0 Å². The largest absolute Gasteiger partial charge is 0.378 e. The van der Waals surface area contributed by atoms with Gasteiger partial charge in [-0.25, -0.2) is 18.1 Å². The van der Waals surface area contributed by atoms with Gasteiger partial charge in [-0.2, -0.15) is 0 Å². The van der Waals surface area contributed by atoms with Crippen LogP contribution in [-0.2, 0) is 26.5 Å². The Morgan fingerprint density at radius 1 is 1.32 bits per heavy atom. The fraction of sp³-hybridized carbons (Fsp3) is 0.769. The first-order chi connectivity index (χ1) is 10.4. The van der Waals surface area contributed by atoms with Crippen molar-refractivity contribution in [2.45, 2.75) is 17.5 Å². The summed E-state index contributed by atoms with van der Waals surface area (Å²) in [5, 5.41) is 0.0453. The van der Waals surface area contributed by atoms with E-state index in [4.69, 9.17) is 9.47 Å². The lowest BCUT2D eigenvalue weighted by Crippen LogP contribution is -2.67. The molecule has 3 heterocycles. The zero-order valence-corrected chi connectivity index (χ0v) is 13.7. The minimum absolute atomic E-state index is 0.0453. The van der Waals surface area contributed by atoms with Crippen LogP contribution in [0.4, 0.5) is 0 Å². The minimum Gasteiger partial charge on any atom is -0.378 e. The Morgan fingerprint density at radius 2 is 1.95 bits per heavy atom. The number of imidazole rings is 1. The molecule has 8 nitrogen and oxygen atoms in total. The minimum atomic E-state index is -3.64. The highest BCUT2D eigenvalue weighted by Crippen LogP contribution is 2.24. The Kier molecular flexibility index (Phi) is 4.25. The third-order valence-electron chi connectivity index (χ3n) is 4.38. The molecule has 1 aromatic heterocycles. The predicted octanol–water partition coefficient (Wildman–Crippen LogP) is -0.892. The van der Waals surface area contributed by atoms with Crippen molar-refractivity contribution in [2.24, 2.45) is 7.05 Å². The maximum Gasteiger partial charge on any atom is 0.259 e. The smallest absolute Gasteiger partial charge is 0.259 e. The average Bonchev–Trinajstić information content (AvgIpc) is 2.86. The third-order valence-corrected chi connectivity index (χ3v) is 5.65. The van der Waals surface area contributed by atoms with Crippen molar-refractivity contribution in [3.05, 3.63) is 12.0 Å². The Hall–Kier alpha value is -1.00. The summed E-state index contributed by atoms with van der Waals surface area (Å²) in [4.78, 5) is 6.34. The molecular formula is C13H22N4O4S. The Bertz CT molecular complexity index is 611. The molecule has 0 amide bonds. The molecule has 1 N–H and O–H groups in total. The fourth-order valence-corrected chi connectivity index (χ4v) is 4.01. The molecule has 2 fully saturated rings. The lowest BCUT2D eigenvalue weighted by Gasteiger charge is -2.49. The van der Waals surface area contributed by atoms with Gasteiger partial charge in [0.05, 0.1) is 32.0 Å². The summed E-state index contributed by atoms with van der Waals surface area (Å²) in [6.45, 7) is 5.91. The molecule has 1 aromatic rings. The number of aromatic nitrogens is 2. The van der Waals surface area contributed by atoms with Crippen LogP contribution < -0.4 is 4.72 Å². The van der Waals surface area contributed by atoms with E-state index in [9.17, 15) is 8.42 Å². The van der Waals surface area contributed by atoms with Gasteiger partial charge in [-0.1, -0.05) is 0 Å². The molecule has 0 aliphatic carbocycles. The van der Waals surface area contributed by atoms with E-state index in [0.717, 1.165) is 13.1 Å². The number of fused-ring (bicyclic) bond motifs is 1. The molecule has 22 heavy (non-hydrogen) atoms. The average molecular weight is 330 g/mol. The highest BCUT2D eigenvalue weighted by molar-refractivity contribution is 7.89. The lowest BCUT2D eigenvalue weighted by molar-refractivity contribution is -0.138. The molecule has 3 rings (SSSR count). The molecule has 2 aliphatic heterocycles. The number of sulfonamides is 1. The van der Waals surface area contributed by atoms with E-state index in [1.165, 1.54) is 6.20 Å². The summed E-state index contributed by atoms with van der Waals surface area (Å²) in [5.41, 5.74) is -0.423. The van der Waals surface area contributed by atoms with Crippen molar-refractivity contribution < 1.29 is 17.9 Å². The Labute approximate surface area is 130 Å². The first-order valence-corrected chi connectivity index (χ1v) is 8.81. The van der Waals surface area contributed by atoms with Crippen LogP contribution in [0.1, 0.15) is 5.82 Å². The summed E-state index contributed by atoms with van der Waals surface area (Å²) in [7, 11) is -1.87. The first kappa shape index (κ1) is 15.9. The Morgan fingerprint density at radius 3 is 2.50 bits per heavy atom. The highest BCUT2D eigenvalue weighted by Gasteiger charge is 2.43. The summed E-state index contributed by atoms with van der Waals surface area (Å²) >= 11 is 0. The molecule has 2 aliphatic rings. The molecule has 0 aromatic carbocycles. The van der Waals surface area contributed by atoms with Gasteiger partial charge in [0, 0.05) is 32.9 Å². The second kappa shape index (κ2) is 5.89. The number of ether oxygens (including phenoxy) is 2. The van der Waals surface area contributed by atoms with Crippen LogP contribution in [-0.4, -0.2) is 74.5 Å². The van der Waals surface area contributed by atoms with E-state index in [2.05, 4.69) is 14.6 Å². The lowest BCUT2D eigenvalue weighted by atomic mass is 9.97. The number of aryl methyl sites for hydroxylation is 2. The van der Waals surface area contributed by atoms with Gasteiger partial charge in [0.15, 0.2) is 5.03 Å². The van der Waals surface area contributed by atoms with Crippen LogP contribution in [0.2, 0.25) is 0 Å². The zero-order chi connectivity index (χ0) is 15.8. The van der Waals surface area contributed by atoms with E-state index >= 15 is 0 Å². The molecule has 2 saturated heterocycles. The number of hydrogen-bond acceptors (Lipinski definition) is 6. The number of nitrogens with one attached hydrogen (secondary N) is 1. The number of hydrogen-bond donors (Lipinski definition) is 1. The fourth-order valence-electron chi connectivity index (χ4n) is 2.86. The molecule has 0 bridgehead atoms. The molecule has 0 unspecified atom stereocenters. The summed E-state index contributed by atoms with van der Waals surface area (Å²) < 4.78 is 40.3. The molecular weight excluding hydrogens is 308 g/mol. The maximum atomic E-state index is 12.4. The van der Waals surface area contributed by atoms with Crippen molar-refractivity contribution in [1.29, 1.82) is 0 Å². The number of nitrogens with zero attached hydrogens (tertiary/aromatic N) is 3. The topological polar surface area (TPSA) is 85.7 Å². The molecule has 0 radical (unpaired) electrons. The van der Waals surface area contributed by atoms with Gasteiger partial charge in [-0.05, 0) is 6.92 Å². The summed E-state index contributed by atoms with van der Waals surface area (Å²) in [6.07, 6.45) is 1.52. The van der Waals surface area contributed by atoms with Crippen molar-refractivity contribution in [2.75, 3.05) is 46.1 Å². The predicted molar refractivity (Wildman–Crippen MR) is 79.1 cm³/mol. The normalized spacial score (nSPS) is 22.5. The van der Waals surface area contributed by atoms with Gasteiger partial charge in [-0.15, -0.1) is 0 Å². The van der Waals surface area contributed by atoms with Crippen LogP contribution in [0.15, 0.2) is 11.2 Å².